The lowest BCUT2D eigenvalue weighted by Crippen LogP contribution is -2.49. The van der Waals surface area contributed by atoms with E-state index in [2.05, 4.69) is 25.8 Å². The molecule has 7 nitrogen and oxygen atoms in total. The topological polar surface area (TPSA) is 65.7 Å². The lowest BCUT2D eigenvalue weighted by molar-refractivity contribution is -0.172. The Morgan fingerprint density at radius 3 is 2.56 bits per heavy atom. The summed E-state index contributed by atoms with van der Waals surface area (Å²) >= 11 is 0. The van der Waals surface area contributed by atoms with Gasteiger partial charge in [0.05, 0.1) is 11.0 Å². The van der Waals surface area contributed by atoms with Gasteiger partial charge in [-0.3, -0.25) is 9.13 Å². The number of fused-ring (bicyclic) bond motifs is 2. The van der Waals surface area contributed by atoms with Crippen molar-refractivity contribution in [3.05, 3.63) is 69.9 Å². The Morgan fingerprint density at radius 1 is 1.10 bits per heavy atom. The standard InChI is InChI=1S/C33H46FN3O4/c1-24(2)31-27-15-14-26(34)22-25(27)16-17-33(31,41-30(38)23-40-5)18-21-35(3)19-10-6-7-11-20-37-29-13-9-8-12-28(29)36(4)32(37)39/h8-9,12-15,22,24,31H,6-7,10-11,16-21,23H2,1-5H3/t31-,33-/m0/s1. The van der Waals surface area contributed by atoms with Crippen LogP contribution in [0.2, 0.25) is 0 Å². The fraction of sp³-hybridized carbons (Fsp3) is 0.576. The maximum Gasteiger partial charge on any atom is 0.332 e. The van der Waals surface area contributed by atoms with E-state index >= 15 is 0 Å². The Hall–Kier alpha value is -2.97. The molecule has 0 radical (unpaired) electrons. The van der Waals surface area contributed by atoms with Gasteiger partial charge in [-0.15, -0.1) is 0 Å². The van der Waals surface area contributed by atoms with Crippen LogP contribution in [0.5, 0.6) is 0 Å². The van der Waals surface area contributed by atoms with Gasteiger partial charge in [-0.05, 0) is 80.6 Å². The van der Waals surface area contributed by atoms with Gasteiger partial charge in [-0.1, -0.05) is 44.9 Å². The second kappa shape index (κ2) is 13.8. The molecule has 2 aromatic carbocycles. The second-order valence-electron chi connectivity index (χ2n) is 12.0. The normalized spacial score (nSPS) is 18.8. The third-order valence-electron chi connectivity index (χ3n) is 8.71. The molecule has 0 bridgehead atoms. The molecule has 224 valence electrons. The Kier molecular flexibility index (Phi) is 10.4. The van der Waals surface area contributed by atoms with Crippen LogP contribution in [-0.4, -0.2) is 59.5 Å². The molecule has 0 aliphatic heterocycles. The van der Waals surface area contributed by atoms with Crippen LogP contribution in [0.4, 0.5) is 4.39 Å². The van der Waals surface area contributed by atoms with Crippen LogP contribution in [0.25, 0.3) is 11.0 Å². The number of methoxy groups -OCH3 is 1. The minimum atomic E-state index is -0.658. The van der Waals surface area contributed by atoms with Gasteiger partial charge < -0.3 is 14.4 Å². The summed E-state index contributed by atoms with van der Waals surface area (Å²) in [6.07, 6.45) is 6.24. The molecule has 8 heteroatoms. The summed E-state index contributed by atoms with van der Waals surface area (Å²) in [7, 11) is 5.45. The molecule has 2 atom stereocenters. The maximum atomic E-state index is 14.0. The van der Waals surface area contributed by atoms with Gasteiger partial charge in [-0.2, -0.15) is 0 Å². The number of esters is 1. The zero-order valence-corrected chi connectivity index (χ0v) is 25.3. The highest BCUT2D eigenvalue weighted by molar-refractivity contribution is 5.75. The number of para-hydroxylation sites is 2. The number of aromatic nitrogens is 2. The molecule has 3 aromatic rings. The van der Waals surface area contributed by atoms with Crippen LogP contribution in [0, 0.1) is 11.7 Å². The first-order chi connectivity index (χ1) is 19.7. The lowest BCUT2D eigenvalue weighted by Gasteiger charge is -2.47. The average Bonchev–Trinajstić information content (AvgIpc) is 3.18. The summed E-state index contributed by atoms with van der Waals surface area (Å²) in [5.74, 6) is -0.372. The number of ether oxygens (including phenoxy) is 2. The first-order valence-corrected chi connectivity index (χ1v) is 15.0. The van der Waals surface area contributed by atoms with E-state index in [1.54, 1.807) is 10.6 Å². The molecule has 0 N–H and O–H groups in total. The molecule has 0 spiro atoms. The minimum absolute atomic E-state index is 0.0153. The van der Waals surface area contributed by atoms with Crippen LogP contribution < -0.4 is 5.69 Å². The Morgan fingerprint density at radius 2 is 1.83 bits per heavy atom. The van der Waals surface area contributed by atoms with E-state index in [-0.39, 0.29) is 35.9 Å². The summed E-state index contributed by atoms with van der Waals surface area (Å²) in [6, 6.07) is 13.0. The molecular formula is C33H46FN3O4. The summed E-state index contributed by atoms with van der Waals surface area (Å²) in [4.78, 5) is 27.7. The number of benzene rings is 2. The lowest BCUT2D eigenvalue weighted by atomic mass is 9.65. The van der Waals surface area contributed by atoms with Gasteiger partial charge in [0, 0.05) is 39.6 Å². The Bertz CT molecular complexity index is 1380. The highest BCUT2D eigenvalue weighted by atomic mass is 19.1. The third kappa shape index (κ3) is 7.09. The molecule has 1 aliphatic carbocycles. The largest absolute Gasteiger partial charge is 0.457 e. The fourth-order valence-corrected chi connectivity index (χ4v) is 6.74. The molecule has 41 heavy (non-hydrogen) atoms. The van der Waals surface area contributed by atoms with E-state index in [1.807, 2.05) is 41.9 Å². The molecule has 4 rings (SSSR count). The summed E-state index contributed by atoms with van der Waals surface area (Å²) in [5.41, 5.74) is 3.45. The third-order valence-corrected chi connectivity index (χ3v) is 8.71. The van der Waals surface area contributed by atoms with Crippen molar-refractivity contribution >= 4 is 17.0 Å². The van der Waals surface area contributed by atoms with Gasteiger partial charge in [-0.25, -0.2) is 14.0 Å². The molecule has 0 amide bonds. The smallest absolute Gasteiger partial charge is 0.332 e. The van der Waals surface area contributed by atoms with Crippen LogP contribution in [0.3, 0.4) is 0 Å². The second-order valence-corrected chi connectivity index (χ2v) is 12.0. The van der Waals surface area contributed by atoms with Crippen LogP contribution in [0.15, 0.2) is 47.3 Å². The number of hydrogen-bond acceptors (Lipinski definition) is 5. The quantitative estimate of drug-likeness (QED) is 0.185. The number of carbonyl (C=O) groups excluding carboxylic acids is 1. The van der Waals surface area contributed by atoms with E-state index in [9.17, 15) is 14.0 Å². The van der Waals surface area contributed by atoms with Crippen molar-refractivity contribution in [2.75, 3.05) is 33.9 Å². The van der Waals surface area contributed by atoms with Crippen molar-refractivity contribution in [3.63, 3.8) is 0 Å². The molecule has 0 saturated heterocycles. The van der Waals surface area contributed by atoms with E-state index in [0.717, 1.165) is 67.5 Å². The van der Waals surface area contributed by atoms with Crippen molar-refractivity contribution in [3.8, 4) is 0 Å². The zero-order chi connectivity index (χ0) is 29.6. The first-order valence-electron chi connectivity index (χ1n) is 15.0. The first kappa shape index (κ1) is 31.0. The highest BCUT2D eigenvalue weighted by Gasteiger charge is 2.47. The van der Waals surface area contributed by atoms with Gasteiger partial charge in [0.25, 0.3) is 0 Å². The van der Waals surface area contributed by atoms with Crippen molar-refractivity contribution in [2.45, 2.75) is 76.9 Å². The van der Waals surface area contributed by atoms with Crippen LogP contribution in [-0.2, 0) is 34.3 Å². The average molecular weight is 568 g/mol. The van der Waals surface area contributed by atoms with E-state index < -0.39 is 5.60 Å². The molecule has 1 aliphatic rings. The molecule has 1 aromatic heterocycles. The Balaban J connectivity index is 1.32. The highest BCUT2D eigenvalue weighted by Crippen LogP contribution is 2.48. The number of hydrogen-bond donors (Lipinski definition) is 0. The van der Waals surface area contributed by atoms with Gasteiger partial charge in [0.1, 0.15) is 18.0 Å². The van der Waals surface area contributed by atoms with E-state index in [1.165, 1.54) is 13.2 Å². The van der Waals surface area contributed by atoms with E-state index in [4.69, 9.17) is 9.47 Å². The number of nitrogens with zero attached hydrogens (tertiary/aromatic N) is 3. The zero-order valence-electron chi connectivity index (χ0n) is 25.3. The molecule has 1 heterocycles. The maximum absolute atomic E-state index is 14.0. The Labute approximate surface area is 243 Å². The summed E-state index contributed by atoms with van der Waals surface area (Å²) in [5, 5.41) is 0. The van der Waals surface area contributed by atoms with Crippen LogP contribution in [0.1, 0.15) is 69.4 Å². The molecule has 0 fully saturated rings. The molecule has 0 unspecified atom stereocenters. The number of unbranched alkanes of at least 4 members (excludes halogenated alkanes) is 3. The molecule has 0 saturated carbocycles. The number of halogens is 1. The van der Waals surface area contributed by atoms with Crippen LogP contribution >= 0.6 is 0 Å². The van der Waals surface area contributed by atoms with Crippen molar-refractivity contribution in [1.82, 2.24) is 14.0 Å². The van der Waals surface area contributed by atoms with Crippen molar-refractivity contribution in [1.29, 1.82) is 0 Å². The van der Waals surface area contributed by atoms with E-state index in [0.29, 0.717) is 19.3 Å². The molecular weight excluding hydrogens is 521 g/mol. The number of rotatable bonds is 14. The van der Waals surface area contributed by atoms with Crippen molar-refractivity contribution < 1.29 is 18.7 Å². The van der Waals surface area contributed by atoms with Gasteiger partial charge >= 0.3 is 11.7 Å². The fourth-order valence-electron chi connectivity index (χ4n) is 6.74. The predicted octanol–water partition coefficient (Wildman–Crippen LogP) is 5.68. The monoisotopic (exact) mass is 567 g/mol. The number of carbonyl (C=O) groups is 1. The van der Waals surface area contributed by atoms with Crippen molar-refractivity contribution in [2.24, 2.45) is 13.0 Å². The summed E-state index contributed by atoms with van der Waals surface area (Å²) in [6.45, 7) is 6.70. The minimum Gasteiger partial charge on any atom is -0.457 e. The number of imidazole rings is 1. The SMILES string of the molecule is COCC(=O)O[C@]1(CCN(C)CCCCCCn2c(=O)n(C)c3ccccc32)CCc2cc(F)ccc2[C@@H]1C(C)C. The summed E-state index contributed by atoms with van der Waals surface area (Å²) < 4.78 is 29.0. The predicted molar refractivity (Wildman–Crippen MR) is 161 cm³/mol. The van der Waals surface area contributed by atoms with Gasteiger partial charge in [0.15, 0.2) is 0 Å². The number of aryl methyl sites for hydroxylation is 3. The van der Waals surface area contributed by atoms with Gasteiger partial charge in [0.2, 0.25) is 0 Å².